The molecule has 112 valence electrons. The highest BCUT2D eigenvalue weighted by molar-refractivity contribution is 6.35. The van der Waals surface area contributed by atoms with Gasteiger partial charge in [0.25, 0.3) is 0 Å². The molecule has 0 saturated heterocycles. The van der Waals surface area contributed by atoms with Gasteiger partial charge in [0.2, 0.25) is 0 Å². The van der Waals surface area contributed by atoms with Gasteiger partial charge >= 0.3 is 0 Å². The van der Waals surface area contributed by atoms with Gasteiger partial charge in [-0.05, 0) is 55.8 Å². The van der Waals surface area contributed by atoms with Crippen LogP contribution in [0.4, 0.5) is 0 Å². The average molecular weight is 326 g/mol. The molecule has 3 nitrogen and oxygen atoms in total. The number of hydrogen-bond acceptors (Lipinski definition) is 3. The summed E-state index contributed by atoms with van der Waals surface area (Å²) in [7, 11) is 0. The van der Waals surface area contributed by atoms with Crippen molar-refractivity contribution >= 4 is 23.2 Å². The first-order valence-corrected chi connectivity index (χ1v) is 7.34. The van der Waals surface area contributed by atoms with Gasteiger partial charge in [0.15, 0.2) is 0 Å². The number of halogens is 2. The molecule has 2 rings (SSSR count). The lowest BCUT2D eigenvalue weighted by molar-refractivity contribution is 0.0504. The molecule has 0 bridgehead atoms. The second-order valence-electron chi connectivity index (χ2n) is 5.01. The molecule has 0 saturated carbocycles. The zero-order valence-electron chi connectivity index (χ0n) is 11.6. The molecular formula is C16H17Cl2NO2. The zero-order chi connectivity index (χ0) is 15.5. The van der Waals surface area contributed by atoms with E-state index >= 15 is 0 Å². The standard InChI is InChI=1S/C16H17Cl2NO2/c1-16(20,8-9-19)11-2-5-13(6-3-11)21-15-7-4-12(17)10-14(15)18/h2-7,10,20H,8-9,19H2,1H3. The molecule has 2 aromatic rings. The third-order valence-corrected chi connectivity index (χ3v) is 3.76. The fraction of sp³-hybridized carbons (Fsp3) is 0.250. The van der Waals surface area contributed by atoms with Crippen LogP contribution < -0.4 is 10.5 Å². The predicted octanol–water partition coefficient (Wildman–Crippen LogP) is 4.34. The van der Waals surface area contributed by atoms with Crippen LogP contribution in [0.1, 0.15) is 18.9 Å². The molecule has 5 heteroatoms. The van der Waals surface area contributed by atoms with Crippen molar-refractivity contribution in [2.24, 2.45) is 5.73 Å². The molecule has 0 radical (unpaired) electrons. The third kappa shape index (κ3) is 4.11. The average Bonchev–Trinajstić information content (AvgIpc) is 2.42. The topological polar surface area (TPSA) is 55.5 Å². The lowest BCUT2D eigenvalue weighted by Gasteiger charge is -2.23. The smallest absolute Gasteiger partial charge is 0.146 e. The minimum Gasteiger partial charge on any atom is -0.456 e. The van der Waals surface area contributed by atoms with Crippen molar-refractivity contribution < 1.29 is 9.84 Å². The maximum atomic E-state index is 10.3. The van der Waals surface area contributed by atoms with Gasteiger partial charge in [0, 0.05) is 5.02 Å². The number of ether oxygens (including phenoxy) is 1. The SMILES string of the molecule is CC(O)(CCN)c1ccc(Oc2ccc(Cl)cc2Cl)cc1. The van der Waals surface area contributed by atoms with E-state index in [0.29, 0.717) is 34.5 Å². The van der Waals surface area contributed by atoms with Crippen LogP contribution in [0.2, 0.25) is 10.0 Å². The van der Waals surface area contributed by atoms with E-state index in [4.69, 9.17) is 33.7 Å². The predicted molar refractivity (Wildman–Crippen MR) is 86.2 cm³/mol. The number of nitrogens with two attached hydrogens (primary N) is 1. The second kappa shape index (κ2) is 6.67. The van der Waals surface area contributed by atoms with Crippen molar-refractivity contribution in [2.45, 2.75) is 18.9 Å². The monoisotopic (exact) mass is 325 g/mol. The molecule has 0 fully saturated rings. The Morgan fingerprint density at radius 1 is 1.14 bits per heavy atom. The number of rotatable bonds is 5. The van der Waals surface area contributed by atoms with Crippen molar-refractivity contribution in [3.05, 3.63) is 58.1 Å². The Bertz CT molecular complexity index is 612. The van der Waals surface area contributed by atoms with Gasteiger partial charge < -0.3 is 15.6 Å². The van der Waals surface area contributed by atoms with E-state index in [1.165, 1.54) is 0 Å². The molecule has 3 N–H and O–H groups in total. The van der Waals surface area contributed by atoms with Crippen LogP contribution >= 0.6 is 23.2 Å². The molecule has 0 spiro atoms. The van der Waals surface area contributed by atoms with Crippen molar-refractivity contribution in [2.75, 3.05) is 6.54 Å². The molecular weight excluding hydrogens is 309 g/mol. The van der Waals surface area contributed by atoms with Crippen molar-refractivity contribution in [3.8, 4) is 11.5 Å². The quantitative estimate of drug-likeness (QED) is 0.859. The minimum absolute atomic E-state index is 0.422. The lowest BCUT2D eigenvalue weighted by atomic mass is 9.93. The second-order valence-corrected chi connectivity index (χ2v) is 5.86. The van der Waals surface area contributed by atoms with Gasteiger partial charge in [-0.15, -0.1) is 0 Å². The van der Waals surface area contributed by atoms with Crippen molar-refractivity contribution in [1.82, 2.24) is 0 Å². The number of benzene rings is 2. The fourth-order valence-electron chi connectivity index (χ4n) is 1.99. The van der Waals surface area contributed by atoms with Gasteiger partial charge in [-0.3, -0.25) is 0 Å². The Balaban J connectivity index is 2.16. The molecule has 0 aliphatic carbocycles. The normalized spacial score (nSPS) is 13.8. The summed E-state index contributed by atoms with van der Waals surface area (Å²) in [5, 5.41) is 11.3. The maximum absolute atomic E-state index is 10.3. The first-order valence-electron chi connectivity index (χ1n) is 6.58. The van der Waals surface area contributed by atoms with E-state index in [2.05, 4.69) is 0 Å². The van der Waals surface area contributed by atoms with Crippen LogP contribution in [-0.2, 0) is 5.60 Å². The van der Waals surface area contributed by atoms with Gasteiger partial charge in [-0.1, -0.05) is 35.3 Å². The maximum Gasteiger partial charge on any atom is 0.146 e. The highest BCUT2D eigenvalue weighted by Gasteiger charge is 2.21. The number of hydrogen-bond donors (Lipinski definition) is 2. The summed E-state index contributed by atoms with van der Waals surface area (Å²) in [6, 6.07) is 12.2. The summed E-state index contributed by atoms with van der Waals surface area (Å²) in [4.78, 5) is 0. The van der Waals surface area contributed by atoms with E-state index in [-0.39, 0.29) is 0 Å². The Morgan fingerprint density at radius 3 is 2.38 bits per heavy atom. The highest BCUT2D eigenvalue weighted by Crippen LogP contribution is 2.32. The molecule has 1 atom stereocenters. The van der Waals surface area contributed by atoms with Gasteiger partial charge in [0.05, 0.1) is 10.6 Å². The summed E-state index contributed by atoms with van der Waals surface area (Å²) in [6.45, 7) is 2.16. The van der Waals surface area contributed by atoms with Crippen LogP contribution in [0.5, 0.6) is 11.5 Å². The van der Waals surface area contributed by atoms with Gasteiger partial charge in [-0.2, -0.15) is 0 Å². The van der Waals surface area contributed by atoms with Crippen molar-refractivity contribution in [3.63, 3.8) is 0 Å². The highest BCUT2D eigenvalue weighted by atomic mass is 35.5. The molecule has 0 amide bonds. The molecule has 1 unspecified atom stereocenters. The summed E-state index contributed by atoms with van der Waals surface area (Å²) in [5.74, 6) is 1.16. The largest absolute Gasteiger partial charge is 0.456 e. The van der Waals surface area contributed by atoms with Crippen LogP contribution in [0.15, 0.2) is 42.5 Å². The molecule has 0 heterocycles. The van der Waals surface area contributed by atoms with Crippen molar-refractivity contribution in [1.29, 1.82) is 0 Å². The first kappa shape index (κ1) is 16.1. The van der Waals surface area contributed by atoms with E-state index in [0.717, 1.165) is 5.56 Å². The van der Waals surface area contributed by atoms with E-state index in [9.17, 15) is 5.11 Å². The summed E-state index contributed by atoms with van der Waals surface area (Å²) in [5.41, 5.74) is 5.36. The Kier molecular flexibility index (Phi) is 5.12. The third-order valence-electron chi connectivity index (χ3n) is 3.23. The Hall–Kier alpha value is -1.26. The zero-order valence-corrected chi connectivity index (χ0v) is 13.2. The molecule has 0 aliphatic heterocycles. The molecule has 0 aromatic heterocycles. The summed E-state index contributed by atoms with van der Waals surface area (Å²) in [6.07, 6.45) is 0.496. The molecule has 2 aromatic carbocycles. The first-order chi connectivity index (χ1) is 9.92. The van der Waals surface area contributed by atoms with Crippen LogP contribution in [-0.4, -0.2) is 11.7 Å². The van der Waals surface area contributed by atoms with Crippen LogP contribution in [0, 0.1) is 0 Å². The van der Waals surface area contributed by atoms with Crippen LogP contribution in [0.3, 0.4) is 0 Å². The Morgan fingerprint density at radius 2 is 1.81 bits per heavy atom. The van der Waals surface area contributed by atoms with E-state index in [1.54, 1.807) is 37.3 Å². The van der Waals surface area contributed by atoms with E-state index < -0.39 is 5.60 Å². The fourth-order valence-corrected chi connectivity index (χ4v) is 2.44. The Labute approximate surface area is 134 Å². The number of aliphatic hydroxyl groups is 1. The lowest BCUT2D eigenvalue weighted by Crippen LogP contribution is -2.24. The van der Waals surface area contributed by atoms with Crippen LogP contribution in [0.25, 0.3) is 0 Å². The molecule has 0 aliphatic rings. The minimum atomic E-state index is -0.939. The summed E-state index contributed by atoms with van der Waals surface area (Å²) < 4.78 is 5.69. The molecule has 21 heavy (non-hydrogen) atoms. The van der Waals surface area contributed by atoms with Gasteiger partial charge in [-0.25, -0.2) is 0 Å². The van der Waals surface area contributed by atoms with E-state index in [1.807, 2.05) is 12.1 Å². The van der Waals surface area contributed by atoms with Gasteiger partial charge in [0.1, 0.15) is 11.5 Å². The summed E-state index contributed by atoms with van der Waals surface area (Å²) >= 11 is 11.9.